The van der Waals surface area contributed by atoms with E-state index in [1.807, 2.05) is 36.4 Å². The Morgan fingerprint density at radius 3 is 2.56 bits per heavy atom. The highest BCUT2D eigenvalue weighted by atomic mass is 79.9. The molecule has 2 aromatic carbocycles. The molecule has 128 valence electrons. The maximum absolute atomic E-state index is 12.3. The van der Waals surface area contributed by atoms with E-state index in [2.05, 4.69) is 21.2 Å². The largest absolute Gasteiger partial charge is 0.497 e. The Kier molecular flexibility index (Phi) is 6.61. The molecule has 0 atom stereocenters. The number of nitrogens with one attached hydrogen (secondary N) is 1. The summed E-state index contributed by atoms with van der Waals surface area (Å²) in [6.45, 7) is 0.347. The van der Waals surface area contributed by atoms with Gasteiger partial charge in [-0.05, 0) is 33.6 Å². The van der Waals surface area contributed by atoms with Gasteiger partial charge >= 0.3 is 0 Å². The summed E-state index contributed by atoms with van der Waals surface area (Å²) >= 11 is 3.42. The van der Waals surface area contributed by atoms with Crippen molar-refractivity contribution in [1.82, 2.24) is 5.32 Å². The zero-order chi connectivity index (χ0) is 18.2. The molecule has 0 saturated heterocycles. The van der Waals surface area contributed by atoms with Crippen LogP contribution in [-0.4, -0.2) is 20.1 Å². The van der Waals surface area contributed by atoms with Crippen LogP contribution in [0.15, 0.2) is 52.5 Å². The Morgan fingerprint density at radius 1 is 1.24 bits per heavy atom. The van der Waals surface area contributed by atoms with E-state index in [-0.39, 0.29) is 5.57 Å². The zero-order valence-corrected chi connectivity index (χ0v) is 15.5. The van der Waals surface area contributed by atoms with Crippen molar-refractivity contribution < 1.29 is 14.3 Å². The number of carbonyl (C=O) groups excluding carboxylic acids is 1. The van der Waals surface area contributed by atoms with E-state index in [0.29, 0.717) is 28.1 Å². The van der Waals surface area contributed by atoms with Crippen molar-refractivity contribution in [2.45, 2.75) is 6.54 Å². The van der Waals surface area contributed by atoms with Crippen LogP contribution in [-0.2, 0) is 11.3 Å². The van der Waals surface area contributed by atoms with Crippen LogP contribution in [0, 0.1) is 11.3 Å². The van der Waals surface area contributed by atoms with E-state index in [9.17, 15) is 10.1 Å². The first-order valence-electron chi connectivity index (χ1n) is 7.44. The number of amides is 1. The number of benzene rings is 2. The lowest BCUT2D eigenvalue weighted by atomic mass is 10.1. The van der Waals surface area contributed by atoms with Crippen molar-refractivity contribution in [3.8, 4) is 17.6 Å². The van der Waals surface area contributed by atoms with Crippen molar-refractivity contribution >= 4 is 27.9 Å². The van der Waals surface area contributed by atoms with Crippen LogP contribution < -0.4 is 14.8 Å². The van der Waals surface area contributed by atoms with Gasteiger partial charge in [-0.25, -0.2) is 0 Å². The number of hydrogen-bond donors (Lipinski definition) is 1. The molecule has 0 bridgehead atoms. The van der Waals surface area contributed by atoms with Gasteiger partial charge in [-0.1, -0.05) is 30.3 Å². The van der Waals surface area contributed by atoms with Gasteiger partial charge in [0.1, 0.15) is 23.1 Å². The number of nitrogens with zero attached hydrogens (tertiary/aromatic N) is 1. The van der Waals surface area contributed by atoms with E-state index in [1.165, 1.54) is 13.2 Å². The molecule has 0 heterocycles. The van der Waals surface area contributed by atoms with E-state index >= 15 is 0 Å². The summed E-state index contributed by atoms with van der Waals surface area (Å²) in [7, 11) is 3.06. The normalized spacial score (nSPS) is 10.7. The first kappa shape index (κ1) is 18.6. The molecule has 6 heteroatoms. The smallest absolute Gasteiger partial charge is 0.262 e. The third-order valence-corrected chi connectivity index (χ3v) is 4.13. The Labute approximate surface area is 155 Å². The number of nitriles is 1. The summed E-state index contributed by atoms with van der Waals surface area (Å²) < 4.78 is 11.2. The standard InChI is InChI=1S/C19H17BrN2O3/c1-24-15-9-17(20)16(18(10-15)25-2)8-14(11-21)19(23)22-12-13-6-4-3-5-7-13/h3-10H,12H2,1-2H3,(H,22,23). The monoisotopic (exact) mass is 400 g/mol. The maximum atomic E-state index is 12.3. The quantitative estimate of drug-likeness (QED) is 0.592. The van der Waals surface area contributed by atoms with Crippen LogP contribution in [0.5, 0.6) is 11.5 Å². The second-order valence-corrected chi connectivity index (χ2v) is 5.92. The summed E-state index contributed by atoms with van der Waals surface area (Å²) in [6.07, 6.45) is 1.49. The Bertz CT molecular complexity index is 827. The molecule has 25 heavy (non-hydrogen) atoms. The van der Waals surface area contributed by atoms with Gasteiger partial charge in [0.2, 0.25) is 0 Å². The number of ether oxygens (including phenoxy) is 2. The fraction of sp³-hybridized carbons (Fsp3) is 0.158. The molecule has 5 nitrogen and oxygen atoms in total. The summed E-state index contributed by atoms with van der Waals surface area (Å²) in [5.41, 5.74) is 1.53. The zero-order valence-electron chi connectivity index (χ0n) is 13.9. The summed E-state index contributed by atoms with van der Waals surface area (Å²) in [5, 5.41) is 12.1. The second kappa shape index (κ2) is 8.90. The fourth-order valence-corrected chi connectivity index (χ4v) is 2.70. The van der Waals surface area contributed by atoms with Gasteiger partial charge in [0.05, 0.1) is 14.2 Å². The number of methoxy groups -OCH3 is 2. The summed E-state index contributed by atoms with van der Waals surface area (Å²) in [6, 6.07) is 14.9. The lowest BCUT2D eigenvalue weighted by molar-refractivity contribution is -0.117. The highest BCUT2D eigenvalue weighted by Gasteiger charge is 2.14. The maximum Gasteiger partial charge on any atom is 0.262 e. The fourth-order valence-electron chi connectivity index (χ4n) is 2.16. The van der Waals surface area contributed by atoms with Crippen LogP contribution in [0.2, 0.25) is 0 Å². The Hall–Kier alpha value is -2.78. The molecular formula is C19H17BrN2O3. The van der Waals surface area contributed by atoms with Crippen LogP contribution >= 0.6 is 15.9 Å². The van der Waals surface area contributed by atoms with Gasteiger partial charge in [-0.2, -0.15) is 5.26 Å². The van der Waals surface area contributed by atoms with Crippen LogP contribution in [0.3, 0.4) is 0 Å². The molecule has 2 aromatic rings. The lowest BCUT2D eigenvalue weighted by Gasteiger charge is -2.11. The molecule has 0 spiro atoms. The molecule has 0 aromatic heterocycles. The third-order valence-electron chi connectivity index (χ3n) is 3.47. The second-order valence-electron chi connectivity index (χ2n) is 5.06. The van der Waals surface area contributed by atoms with Crippen molar-refractivity contribution in [1.29, 1.82) is 5.26 Å². The summed E-state index contributed by atoms with van der Waals surface area (Å²) in [5.74, 6) is 0.652. The average molecular weight is 401 g/mol. The Balaban J connectivity index is 2.25. The average Bonchev–Trinajstić information content (AvgIpc) is 2.65. The lowest BCUT2D eigenvalue weighted by Crippen LogP contribution is -2.23. The minimum absolute atomic E-state index is 0.0138. The highest BCUT2D eigenvalue weighted by molar-refractivity contribution is 9.10. The number of hydrogen-bond acceptors (Lipinski definition) is 4. The third kappa shape index (κ3) is 4.85. The minimum Gasteiger partial charge on any atom is -0.497 e. The predicted octanol–water partition coefficient (Wildman–Crippen LogP) is 3.69. The first-order chi connectivity index (χ1) is 12.1. The molecule has 0 radical (unpaired) electrons. The Morgan fingerprint density at radius 2 is 1.96 bits per heavy atom. The van der Waals surface area contributed by atoms with Crippen LogP contribution in [0.1, 0.15) is 11.1 Å². The van der Waals surface area contributed by atoms with E-state index in [0.717, 1.165) is 5.56 Å². The molecule has 0 aliphatic heterocycles. The van der Waals surface area contributed by atoms with Gasteiger partial charge in [0.15, 0.2) is 0 Å². The molecule has 0 aliphatic carbocycles. The topological polar surface area (TPSA) is 71.3 Å². The first-order valence-corrected chi connectivity index (χ1v) is 8.23. The number of halogens is 1. The number of carbonyl (C=O) groups is 1. The van der Waals surface area contributed by atoms with E-state index in [4.69, 9.17) is 9.47 Å². The van der Waals surface area contributed by atoms with Crippen molar-refractivity contribution in [3.05, 3.63) is 63.6 Å². The van der Waals surface area contributed by atoms with Crippen LogP contribution in [0.25, 0.3) is 6.08 Å². The highest BCUT2D eigenvalue weighted by Crippen LogP contribution is 2.34. The molecule has 0 fully saturated rings. The number of rotatable bonds is 6. The van der Waals surface area contributed by atoms with Gasteiger partial charge in [-0.15, -0.1) is 0 Å². The molecule has 0 aliphatic rings. The van der Waals surface area contributed by atoms with Crippen molar-refractivity contribution in [2.24, 2.45) is 0 Å². The SMILES string of the molecule is COc1cc(Br)c(C=C(C#N)C(=O)NCc2ccccc2)c(OC)c1. The van der Waals surface area contributed by atoms with E-state index < -0.39 is 5.91 Å². The van der Waals surface area contributed by atoms with Crippen LogP contribution in [0.4, 0.5) is 0 Å². The molecule has 1 amide bonds. The van der Waals surface area contributed by atoms with Crippen molar-refractivity contribution in [3.63, 3.8) is 0 Å². The molecule has 1 N–H and O–H groups in total. The van der Waals surface area contributed by atoms with Gasteiger partial charge in [0.25, 0.3) is 5.91 Å². The van der Waals surface area contributed by atoms with E-state index in [1.54, 1.807) is 19.2 Å². The molecule has 2 rings (SSSR count). The molecule has 0 unspecified atom stereocenters. The van der Waals surface area contributed by atoms with Gasteiger partial charge < -0.3 is 14.8 Å². The molecular weight excluding hydrogens is 384 g/mol. The predicted molar refractivity (Wildman–Crippen MR) is 99.1 cm³/mol. The van der Waals surface area contributed by atoms with Gasteiger partial charge in [0, 0.05) is 22.6 Å². The van der Waals surface area contributed by atoms with Crippen molar-refractivity contribution in [2.75, 3.05) is 14.2 Å². The summed E-state index contributed by atoms with van der Waals surface area (Å²) in [4.78, 5) is 12.3. The molecule has 0 saturated carbocycles. The van der Waals surface area contributed by atoms with Gasteiger partial charge in [-0.3, -0.25) is 4.79 Å². The minimum atomic E-state index is -0.448.